The van der Waals surface area contributed by atoms with Crippen molar-refractivity contribution in [2.45, 2.75) is 91.6 Å². The third-order valence-corrected chi connectivity index (χ3v) is 8.73. The largest absolute Gasteiger partial charge is 0.457 e. The summed E-state index contributed by atoms with van der Waals surface area (Å²) >= 11 is 1.77. The summed E-state index contributed by atoms with van der Waals surface area (Å²) in [6.45, 7) is 8.41. The molecule has 0 saturated heterocycles. The molecule has 1 heterocycles. The van der Waals surface area contributed by atoms with E-state index in [1.165, 1.54) is 29.5 Å². The van der Waals surface area contributed by atoms with Crippen molar-refractivity contribution in [3.05, 3.63) is 21.9 Å². The lowest BCUT2D eigenvalue weighted by atomic mass is 9.62. The second-order valence-corrected chi connectivity index (χ2v) is 10.4. The van der Waals surface area contributed by atoms with E-state index in [0.717, 1.165) is 44.9 Å². The van der Waals surface area contributed by atoms with Crippen LogP contribution in [0.15, 0.2) is 12.1 Å². The minimum Gasteiger partial charge on any atom is -0.457 e. The number of fused-ring (bicyclic) bond motifs is 1. The van der Waals surface area contributed by atoms with Gasteiger partial charge in [0.1, 0.15) is 11.9 Å². The molecular formula is C24H36O3S. The second-order valence-electron chi connectivity index (χ2n) is 9.23. The Labute approximate surface area is 174 Å². The molecule has 0 aromatic carbocycles. The van der Waals surface area contributed by atoms with Gasteiger partial charge in [-0.25, -0.2) is 0 Å². The molecule has 5 atom stereocenters. The van der Waals surface area contributed by atoms with Gasteiger partial charge in [-0.05, 0) is 74.3 Å². The highest BCUT2D eigenvalue weighted by atomic mass is 32.1. The number of aryl methyl sites for hydroxylation is 1. The lowest BCUT2D eigenvalue weighted by Gasteiger charge is -2.42. The molecule has 2 saturated carbocycles. The zero-order valence-corrected chi connectivity index (χ0v) is 18.8. The molecule has 1 aromatic heterocycles. The van der Waals surface area contributed by atoms with Gasteiger partial charge < -0.3 is 4.74 Å². The normalized spacial score (nSPS) is 29.4. The topological polar surface area (TPSA) is 43.4 Å². The van der Waals surface area contributed by atoms with Crippen LogP contribution in [-0.2, 0) is 20.7 Å². The van der Waals surface area contributed by atoms with Gasteiger partial charge in [-0.15, -0.1) is 11.3 Å². The molecule has 2 aliphatic carbocycles. The van der Waals surface area contributed by atoms with Crippen LogP contribution in [0.2, 0.25) is 0 Å². The van der Waals surface area contributed by atoms with E-state index in [-0.39, 0.29) is 17.5 Å². The molecule has 3 rings (SSSR count). The monoisotopic (exact) mass is 404 g/mol. The van der Waals surface area contributed by atoms with Crippen molar-refractivity contribution in [3.63, 3.8) is 0 Å². The van der Waals surface area contributed by atoms with Crippen molar-refractivity contribution in [2.75, 3.05) is 0 Å². The van der Waals surface area contributed by atoms with Gasteiger partial charge in [0, 0.05) is 29.0 Å². The highest BCUT2D eigenvalue weighted by molar-refractivity contribution is 7.12. The molecule has 4 heteroatoms. The molecule has 5 unspecified atom stereocenters. The molecular weight excluding hydrogens is 368 g/mol. The number of hydrogen-bond acceptors (Lipinski definition) is 4. The molecule has 0 bridgehead atoms. The van der Waals surface area contributed by atoms with E-state index >= 15 is 0 Å². The Hall–Kier alpha value is -1.16. The van der Waals surface area contributed by atoms with Crippen LogP contribution in [0.1, 0.15) is 94.9 Å². The van der Waals surface area contributed by atoms with E-state index in [9.17, 15) is 9.59 Å². The molecule has 2 fully saturated rings. The number of carbonyl (C=O) groups excluding carboxylic acids is 2. The third-order valence-electron chi connectivity index (χ3n) is 7.41. The maximum absolute atomic E-state index is 12.4. The average Bonchev–Trinajstić information content (AvgIpc) is 3.25. The Morgan fingerprint density at radius 2 is 2.11 bits per heavy atom. The van der Waals surface area contributed by atoms with E-state index in [2.05, 4.69) is 32.9 Å². The van der Waals surface area contributed by atoms with Gasteiger partial charge in [-0.2, -0.15) is 0 Å². The summed E-state index contributed by atoms with van der Waals surface area (Å²) in [5, 5.41) is 0. The van der Waals surface area contributed by atoms with Crippen molar-refractivity contribution in [2.24, 2.45) is 23.2 Å². The van der Waals surface area contributed by atoms with Crippen LogP contribution < -0.4 is 0 Å². The molecule has 156 valence electrons. The first kappa shape index (κ1) is 21.5. The summed E-state index contributed by atoms with van der Waals surface area (Å²) in [5.74, 6) is 1.90. The number of esters is 1. The predicted molar refractivity (Wildman–Crippen MR) is 114 cm³/mol. The highest BCUT2D eigenvalue weighted by Gasteiger charge is 2.52. The van der Waals surface area contributed by atoms with E-state index < -0.39 is 0 Å². The van der Waals surface area contributed by atoms with E-state index in [4.69, 9.17) is 4.74 Å². The maximum Gasteiger partial charge on any atom is 0.303 e. The Kier molecular flexibility index (Phi) is 7.01. The first-order valence-electron chi connectivity index (χ1n) is 11.1. The minimum absolute atomic E-state index is 0.113. The van der Waals surface area contributed by atoms with Crippen molar-refractivity contribution in [1.29, 1.82) is 0 Å². The van der Waals surface area contributed by atoms with Gasteiger partial charge in [0.05, 0.1) is 0 Å². The van der Waals surface area contributed by atoms with Crippen LogP contribution in [0, 0.1) is 23.2 Å². The van der Waals surface area contributed by atoms with Crippen molar-refractivity contribution >= 4 is 23.1 Å². The second kappa shape index (κ2) is 9.11. The zero-order valence-electron chi connectivity index (χ0n) is 18.0. The zero-order chi connectivity index (χ0) is 20.3. The van der Waals surface area contributed by atoms with Crippen LogP contribution in [0.3, 0.4) is 0 Å². The van der Waals surface area contributed by atoms with Crippen molar-refractivity contribution < 1.29 is 14.3 Å². The van der Waals surface area contributed by atoms with Crippen LogP contribution >= 0.6 is 11.3 Å². The summed E-state index contributed by atoms with van der Waals surface area (Å²) in [7, 11) is 0. The fourth-order valence-electron chi connectivity index (χ4n) is 5.95. The first-order valence-corrected chi connectivity index (χ1v) is 11.9. The molecule has 0 aliphatic heterocycles. The van der Waals surface area contributed by atoms with Gasteiger partial charge in [0.15, 0.2) is 0 Å². The van der Waals surface area contributed by atoms with Crippen LogP contribution in [0.5, 0.6) is 0 Å². The quantitative estimate of drug-likeness (QED) is 0.464. The summed E-state index contributed by atoms with van der Waals surface area (Å²) in [6.07, 6.45) is 9.37. The number of rotatable bonds is 8. The average molecular weight is 405 g/mol. The summed E-state index contributed by atoms with van der Waals surface area (Å²) in [6, 6.07) is 4.27. The Morgan fingerprint density at radius 1 is 1.32 bits per heavy atom. The van der Waals surface area contributed by atoms with E-state index in [0.29, 0.717) is 23.5 Å². The summed E-state index contributed by atoms with van der Waals surface area (Å²) in [4.78, 5) is 26.5. The van der Waals surface area contributed by atoms with Crippen molar-refractivity contribution in [1.82, 2.24) is 0 Å². The molecule has 0 amide bonds. The van der Waals surface area contributed by atoms with E-state index in [1.54, 1.807) is 11.3 Å². The van der Waals surface area contributed by atoms with Crippen LogP contribution in [-0.4, -0.2) is 11.8 Å². The Bertz CT molecular complexity index is 694. The number of Topliss-reactive ketones (excluding diaryl/α,β-unsaturated/α-hetero) is 1. The smallest absolute Gasteiger partial charge is 0.303 e. The lowest BCUT2D eigenvalue weighted by molar-refractivity contribution is -0.147. The summed E-state index contributed by atoms with van der Waals surface area (Å²) in [5.41, 5.74) is 0.216. The molecule has 1 aromatic rings. The standard InChI is InChI=1S/C24H36O3S/c1-5-18-11-14-23(28-18)22(27-17(3)25)10-6-8-16(2)19-12-13-20-21(26)9-7-15-24(19,20)4/h11,14,16,19-20,22H,5-10,12-13,15H2,1-4H3. The molecule has 3 nitrogen and oxygen atoms in total. The van der Waals surface area contributed by atoms with Gasteiger partial charge in [0.25, 0.3) is 0 Å². The number of carbonyl (C=O) groups is 2. The number of hydrogen-bond donors (Lipinski definition) is 0. The Morgan fingerprint density at radius 3 is 2.79 bits per heavy atom. The SMILES string of the molecule is CCc1ccc(C(CCCC(C)C2CCC3C(=O)CCCC32C)OC(C)=O)s1. The molecule has 2 aliphatic rings. The third kappa shape index (κ3) is 4.53. The number of thiophene rings is 1. The fourth-order valence-corrected chi connectivity index (χ4v) is 6.96. The first-order chi connectivity index (χ1) is 13.3. The molecule has 0 N–H and O–H groups in total. The molecule has 0 radical (unpaired) electrons. The minimum atomic E-state index is -0.198. The number of ether oxygens (including phenoxy) is 1. The van der Waals surface area contributed by atoms with Gasteiger partial charge in [-0.1, -0.05) is 27.2 Å². The maximum atomic E-state index is 12.4. The lowest BCUT2D eigenvalue weighted by Crippen LogP contribution is -2.39. The van der Waals surface area contributed by atoms with Crippen molar-refractivity contribution in [3.8, 4) is 0 Å². The molecule has 28 heavy (non-hydrogen) atoms. The van der Waals surface area contributed by atoms with Crippen LogP contribution in [0.4, 0.5) is 0 Å². The van der Waals surface area contributed by atoms with E-state index in [1.807, 2.05) is 0 Å². The van der Waals surface area contributed by atoms with Gasteiger partial charge in [0.2, 0.25) is 0 Å². The predicted octanol–water partition coefficient (Wildman–Crippen LogP) is 6.51. The highest BCUT2D eigenvalue weighted by Crippen LogP contribution is 2.57. The molecule has 0 spiro atoms. The Balaban J connectivity index is 1.57. The van der Waals surface area contributed by atoms with Gasteiger partial charge >= 0.3 is 5.97 Å². The van der Waals surface area contributed by atoms with Crippen LogP contribution in [0.25, 0.3) is 0 Å². The summed E-state index contributed by atoms with van der Waals surface area (Å²) < 4.78 is 5.65. The number of ketones is 1. The van der Waals surface area contributed by atoms with Gasteiger partial charge in [-0.3, -0.25) is 9.59 Å². The fraction of sp³-hybridized carbons (Fsp3) is 0.750.